The van der Waals surface area contributed by atoms with Crippen LogP contribution in [0, 0.1) is 0 Å². The number of carbonyl (C=O) groups excluding carboxylic acids is 1. The molecule has 0 aliphatic carbocycles. The van der Waals surface area contributed by atoms with Gasteiger partial charge in [0.15, 0.2) is 0 Å². The van der Waals surface area contributed by atoms with Crippen molar-refractivity contribution >= 4 is 22.2 Å². The predicted octanol–water partition coefficient (Wildman–Crippen LogP) is -1.59. The molecule has 1 unspecified atom stereocenters. The molecule has 0 aromatic rings. The minimum atomic E-state index is -4.65. The third kappa shape index (κ3) is 3.15. The van der Waals surface area contributed by atoms with Gasteiger partial charge in [0, 0.05) is 6.92 Å². The van der Waals surface area contributed by atoms with Gasteiger partial charge in [0.1, 0.15) is 0 Å². The molecule has 1 amide bonds. The van der Waals surface area contributed by atoms with Gasteiger partial charge in [0.05, 0.1) is 14.1 Å². The van der Waals surface area contributed by atoms with Gasteiger partial charge in [-0.05, 0) is 0 Å². The van der Waals surface area contributed by atoms with Crippen molar-refractivity contribution in [3.05, 3.63) is 0 Å². The second kappa shape index (κ2) is 4.13. The van der Waals surface area contributed by atoms with Gasteiger partial charge in [0.25, 0.3) is 6.17 Å². The van der Waals surface area contributed by atoms with Crippen molar-refractivity contribution in [1.29, 1.82) is 0 Å². The zero-order valence-corrected chi connectivity index (χ0v) is 9.28. The third-order valence-electron chi connectivity index (χ3n) is 1.79. The molecule has 0 aromatic carbocycles. The highest BCUT2D eigenvalue weighted by Crippen LogP contribution is 2.11. The second-order valence-electron chi connectivity index (χ2n) is 3.32. The Kier molecular flexibility index (Phi) is 3.80. The van der Waals surface area contributed by atoms with Crippen LogP contribution in [0.1, 0.15) is 6.92 Å². The van der Waals surface area contributed by atoms with Crippen LogP contribution in [-0.4, -0.2) is 54.1 Å². The smallest absolute Gasteiger partial charge is 0.434 e. The van der Waals surface area contributed by atoms with Crippen LogP contribution in [0.15, 0.2) is 0 Å². The minimum Gasteiger partial charge on any atom is -0.475 e. The van der Waals surface area contributed by atoms with Crippen LogP contribution in [0.5, 0.6) is 0 Å². The largest absolute Gasteiger partial charge is 0.475 e. The molecule has 0 aliphatic heterocycles. The fraction of sp³-hybridized carbons (Fsp3) is 0.667. The number of aliphatic carboxylic acids is 1. The highest BCUT2D eigenvalue weighted by molar-refractivity contribution is 7.80. The summed E-state index contributed by atoms with van der Waals surface area (Å²) in [5, 5.41) is 10.6. The van der Waals surface area contributed by atoms with Gasteiger partial charge < -0.3 is 5.11 Å². The number of nitrogens with zero attached hydrogens (tertiary/aromatic N) is 1. The van der Waals surface area contributed by atoms with Crippen molar-refractivity contribution in [3.63, 3.8) is 0 Å². The number of carboxylic acids is 1. The monoisotopic (exact) mass is 241 g/mol. The molecule has 0 aromatic heterocycles. The van der Waals surface area contributed by atoms with E-state index in [0.717, 1.165) is 21.0 Å². The van der Waals surface area contributed by atoms with E-state index >= 15 is 0 Å². The molecule has 0 radical (unpaired) electrons. The molecule has 0 spiro atoms. The fourth-order valence-corrected chi connectivity index (χ4v) is 1.22. The van der Waals surface area contributed by atoms with E-state index in [1.165, 1.54) is 0 Å². The lowest BCUT2D eigenvalue weighted by molar-refractivity contribution is -0.789. The maximum Gasteiger partial charge on any atom is 0.434 e. The first-order valence-electron chi connectivity index (χ1n) is 3.81. The van der Waals surface area contributed by atoms with Gasteiger partial charge >= 0.3 is 16.3 Å². The molecule has 1 atom stereocenters. The SMILES string of the molecule is CC(=O)NC(C(=O)O)[N+](C)(C)S(=O)(=O)O. The lowest BCUT2D eigenvalue weighted by atomic mass is 10.4. The summed E-state index contributed by atoms with van der Waals surface area (Å²) < 4.78 is 29.3. The molecule has 0 bridgehead atoms. The van der Waals surface area contributed by atoms with Gasteiger partial charge in [-0.15, -0.1) is 8.42 Å². The number of hydrogen-bond acceptors (Lipinski definition) is 4. The van der Waals surface area contributed by atoms with Crippen molar-refractivity contribution in [1.82, 2.24) is 5.32 Å². The van der Waals surface area contributed by atoms with E-state index in [1.807, 2.05) is 5.32 Å². The van der Waals surface area contributed by atoms with E-state index in [0.29, 0.717) is 0 Å². The van der Waals surface area contributed by atoms with Crippen LogP contribution >= 0.6 is 0 Å². The van der Waals surface area contributed by atoms with Crippen LogP contribution in [0.3, 0.4) is 0 Å². The molecule has 0 saturated carbocycles. The highest BCUT2D eigenvalue weighted by atomic mass is 32.2. The zero-order valence-electron chi connectivity index (χ0n) is 8.46. The van der Waals surface area contributed by atoms with E-state index in [4.69, 9.17) is 9.66 Å². The van der Waals surface area contributed by atoms with Gasteiger partial charge in [-0.1, -0.05) is 0 Å². The number of nitrogens with one attached hydrogen (secondary N) is 1. The topological polar surface area (TPSA) is 121 Å². The lowest BCUT2D eigenvalue weighted by Gasteiger charge is -2.30. The molecule has 8 nitrogen and oxygen atoms in total. The fourth-order valence-electron chi connectivity index (χ4n) is 0.809. The molecule has 3 N–H and O–H groups in total. The summed E-state index contributed by atoms with van der Waals surface area (Å²) >= 11 is 0. The number of carboxylic acid groups (broad SMARTS) is 1. The summed E-state index contributed by atoms with van der Waals surface area (Å²) in [7, 11) is -2.75. The quantitative estimate of drug-likeness (QED) is 0.310. The highest BCUT2D eigenvalue weighted by Gasteiger charge is 2.45. The molecule has 15 heavy (non-hydrogen) atoms. The summed E-state index contributed by atoms with van der Waals surface area (Å²) in [6.45, 7) is 1.04. The number of likely N-dealkylation sites (N-methyl/N-ethyl adjacent to an activating group) is 1. The molecule has 0 saturated heterocycles. The van der Waals surface area contributed by atoms with E-state index in [9.17, 15) is 18.0 Å². The van der Waals surface area contributed by atoms with E-state index in [1.54, 1.807) is 0 Å². The van der Waals surface area contributed by atoms with Crippen LogP contribution in [-0.2, 0) is 19.9 Å². The van der Waals surface area contributed by atoms with Gasteiger partial charge in [-0.25, -0.2) is 9.35 Å². The number of quaternary nitrogens is 1. The Morgan fingerprint density at radius 2 is 1.73 bits per heavy atom. The first-order chi connectivity index (χ1) is 6.50. The Balaban J connectivity index is 5.27. The minimum absolute atomic E-state index is 0.711. The molecule has 88 valence electrons. The first kappa shape index (κ1) is 13.8. The van der Waals surface area contributed by atoms with Gasteiger partial charge in [-0.2, -0.15) is 3.89 Å². The average molecular weight is 241 g/mol. The molecule has 0 fully saturated rings. The molecule has 0 heterocycles. The number of hydrogen-bond donors (Lipinski definition) is 3. The Labute approximate surface area is 87.0 Å². The van der Waals surface area contributed by atoms with Crippen molar-refractivity contribution in [3.8, 4) is 0 Å². The maximum atomic E-state index is 10.9. The van der Waals surface area contributed by atoms with Crippen molar-refractivity contribution < 1.29 is 31.6 Å². The zero-order chi connectivity index (χ0) is 12.4. The predicted molar refractivity (Wildman–Crippen MR) is 48.9 cm³/mol. The second-order valence-corrected chi connectivity index (χ2v) is 5.16. The van der Waals surface area contributed by atoms with Crippen molar-refractivity contribution in [2.45, 2.75) is 13.1 Å². The number of rotatable bonds is 4. The van der Waals surface area contributed by atoms with Gasteiger partial charge in [-0.3, -0.25) is 10.1 Å². The van der Waals surface area contributed by atoms with Crippen LogP contribution < -0.4 is 5.32 Å². The standard InChI is InChI=1S/C6H12N2O6S/c1-4(9)7-5(6(10)11)8(2,3)15(12,13)14/h5H,1-3H3,(H2-,7,9,10,11,12,13,14)/p+1. The lowest BCUT2D eigenvalue weighted by Crippen LogP contribution is -2.63. The van der Waals surface area contributed by atoms with E-state index in [2.05, 4.69) is 0 Å². The Morgan fingerprint density at radius 1 is 1.33 bits per heavy atom. The van der Waals surface area contributed by atoms with Gasteiger partial charge in [0.2, 0.25) is 5.91 Å². The average Bonchev–Trinajstić information content (AvgIpc) is 1.96. The summed E-state index contributed by atoms with van der Waals surface area (Å²) in [5.41, 5.74) is 0. The van der Waals surface area contributed by atoms with Crippen LogP contribution in [0.25, 0.3) is 0 Å². The molecule has 0 rings (SSSR count). The third-order valence-corrected chi connectivity index (χ3v) is 3.19. The van der Waals surface area contributed by atoms with Crippen LogP contribution in [0.2, 0.25) is 0 Å². The molecule has 0 aliphatic rings. The molecular weight excluding hydrogens is 228 g/mol. The summed E-state index contributed by atoms with van der Waals surface area (Å²) in [6, 6.07) is 0. The van der Waals surface area contributed by atoms with E-state index < -0.39 is 32.2 Å². The Hall–Kier alpha value is -1.19. The van der Waals surface area contributed by atoms with E-state index in [-0.39, 0.29) is 0 Å². The summed E-state index contributed by atoms with van der Waals surface area (Å²) in [5.74, 6) is -2.27. The van der Waals surface area contributed by atoms with Crippen molar-refractivity contribution in [2.24, 2.45) is 0 Å². The Morgan fingerprint density at radius 3 is 1.93 bits per heavy atom. The van der Waals surface area contributed by atoms with Crippen LogP contribution in [0.4, 0.5) is 0 Å². The summed E-state index contributed by atoms with van der Waals surface area (Å²) in [6.07, 6.45) is -1.77. The molecular formula is C6H13N2O6S+. The summed E-state index contributed by atoms with van der Waals surface area (Å²) in [4.78, 5) is 21.4. The maximum absolute atomic E-state index is 10.9. The van der Waals surface area contributed by atoms with Crippen molar-refractivity contribution in [2.75, 3.05) is 14.1 Å². The molecule has 9 heteroatoms. The normalized spacial score (nSPS) is 14.4. The number of amides is 1. The first-order valence-corrected chi connectivity index (χ1v) is 5.21. The number of carbonyl (C=O) groups is 2. The Bertz CT molecular complexity index is 373.